The number of hydrogen-bond donors (Lipinski definition) is 2. The molecule has 1 aliphatic rings. The molecular weight excluding hydrogens is 494 g/mol. The molecule has 200 valence electrons. The van der Waals surface area contributed by atoms with Gasteiger partial charge in [-0.15, -0.1) is 0 Å². The number of carbonyl (C=O) groups is 3. The fourth-order valence-corrected chi connectivity index (χ4v) is 5.10. The molecule has 2 aromatic rings. The van der Waals surface area contributed by atoms with E-state index in [-0.39, 0.29) is 28.2 Å². The van der Waals surface area contributed by atoms with Gasteiger partial charge in [-0.05, 0) is 68.4 Å². The van der Waals surface area contributed by atoms with E-state index in [4.69, 9.17) is 4.74 Å². The third kappa shape index (κ3) is 8.66. The lowest BCUT2D eigenvalue weighted by Crippen LogP contribution is -2.30. The predicted molar refractivity (Wildman–Crippen MR) is 138 cm³/mol. The molecule has 1 fully saturated rings. The summed E-state index contributed by atoms with van der Waals surface area (Å²) < 4.78 is 32.5. The first-order valence-electron chi connectivity index (χ1n) is 12.8. The van der Waals surface area contributed by atoms with E-state index in [1.807, 2.05) is 11.6 Å². The standard InChI is InChI=1S/C27H35N3O6S/c1-3-19(2)36-27(33)24-14-11-22(18-29-24)26(32)30-37(34,35)23-12-9-20(10-13-23)15-16-28-25(31)17-21-7-5-4-6-8-21/h9-14,18-19,21H,3-8,15-17H2,1-2H3,(H,28,31)(H,30,32)/t19-/m1/s1. The van der Waals surface area contributed by atoms with E-state index >= 15 is 0 Å². The normalized spacial score (nSPS) is 15.0. The fraction of sp³-hybridized carbons (Fsp3) is 0.481. The Morgan fingerprint density at radius 1 is 1.05 bits per heavy atom. The van der Waals surface area contributed by atoms with Crippen LogP contribution in [0.25, 0.3) is 0 Å². The fourth-order valence-electron chi connectivity index (χ4n) is 4.12. The summed E-state index contributed by atoms with van der Waals surface area (Å²) in [4.78, 5) is 40.5. The quantitative estimate of drug-likeness (QED) is 0.423. The van der Waals surface area contributed by atoms with E-state index in [1.54, 1.807) is 19.1 Å². The van der Waals surface area contributed by atoms with Gasteiger partial charge in [0, 0.05) is 19.2 Å². The molecule has 0 spiro atoms. The third-order valence-electron chi connectivity index (χ3n) is 6.51. The molecule has 1 aliphatic carbocycles. The number of pyridine rings is 1. The third-order valence-corrected chi connectivity index (χ3v) is 7.86. The number of nitrogens with zero attached hydrogens (tertiary/aromatic N) is 1. The van der Waals surface area contributed by atoms with Crippen molar-refractivity contribution in [2.45, 2.75) is 76.2 Å². The Morgan fingerprint density at radius 2 is 1.76 bits per heavy atom. The maximum atomic E-state index is 12.7. The van der Waals surface area contributed by atoms with Crippen molar-refractivity contribution < 1.29 is 27.5 Å². The first kappa shape index (κ1) is 28.3. The number of esters is 1. The van der Waals surface area contributed by atoms with Crippen molar-refractivity contribution in [2.24, 2.45) is 5.92 Å². The molecule has 1 atom stereocenters. The molecule has 2 N–H and O–H groups in total. The van der Waals surface area contributed by atoms with E-state index < -0.39 is 21.9 Å². The molecule has 2 amide bonds. The SMILES string of the molecule is CC[C@@H](C)OC(=O)c1ccc(C(=O)NS(=O)(=O)c2ccc(CCNC(=O)CC3CCCCC3)cc2)cn1. The molecule has 0 aliphatic heterocycles. The minimum atomic E-state index is -4.11. The number of hydrogen-bond acceptors (Lipinski definition) is 7. The predicted octanol–water partition coefficient (Wildman–Crippen LogP) is 3.78. The smallest absolute Gasteiger partial charge is 0.357 e. The molecule has 1 aromatic heterocycles. The molecular formula is C27H35N3O6S. The van der Waals surface area contributed by atoms with Gasteiger partial charge in [-0.1, -0.05) is 38.3 Å². The van der Waals surface area contributed by atoms with Crippen molar-refractivity contribution in [3.63, 3.8) is 0 Å². The first-order chi connectivity index (χ1) is 17.7. The lowest BCUT2D eigenvalue weighted by molar-refractivity contribution is -0.122. The second kappa shape index (κ2) is 13.3. The van der Waals surface area contributed by atoms with E-state index in [0.29, 0.717) is 31.7 Å². The van der Waals surface area contributed by atoms with Crippen LogP contribution in [0.3, 0.4) is 0 Å². The molecule has 0 bridgehead atoms. The highest BCUT2D eigenvalue weighted by molar-refractivity contribution is 7.90. The highest BCUT2D eigenvalue weighted by Gasteiger charge is 2.20. The summed E-state index contributed by atoms with van der Waals surface area (Å²) >= 11 is 0. The van der Waals surface area contributed by atoms with E-state index in [0.717, 1.165) is 24.6 Å². The average molecular weight is 530 g/mol. The second-order valence-electron chi connectivity index (χ2n) is 9.44. The molecule has 1 saturated carbocycles. The van der Waals surface area contributed by atoms with Gasteiger partial charge in [0.15, 0.2) is 0 Å². The number of aromatic nitrogens is 1. The minimum absolute atomic E-state index is 0.00995. The van der Waals surface area contributed by atoms with Crippen molar-refractivity contribution in [3.05, 3.63) is 59.4 Å². The Labute approximate surface area is 218 Å². The second-order valence-corrected chi connectivity index (χ2v) is 11.1. The molecule has 37 heavy (non-hydrogen) atoms. The van der Waals surface area contributed by atoms with Gasteiger partial charge in [-0.25, -0.2) is 22.9 Å². The van der Waals surface area contributed by atoms with Gasteiger partial charge in [-0.3, -0.25) is 9.59 Å². The summed E-state index contributed by atoms with van der Waals surface area (Å²) in [6, 6.07) is 8.78. The lowest BCUT2D eigenvalue weighted by atomic mass is 9.87. The number of ether oxygens (including phenoxy) is 1. The Hall–Kier alpha value is -3.27. The van der Waals surface area contributed by atoms with Gasteiger partial charge >= 0.3 is 5.97 Å². The van der Waals surface area contributed by atoms with Crippen molar-refractivity contribution >= 4 is 27.8 Å². The number of amides is 2. The zero-order chi connectivity index (χ0) is 26.8. The number of sulfonamides is 1. The van der Waals surface area contributed by atoms with Crippen LogP contribution in [0.5, 0.6) is 0 Å². The maximum Gasteiger partial charge on any atom is 0.357 e. The molecule has 0 saturated heterocycles. The van der Waals surface area contributed by atoms with Gasteiger partial charge in [0.1, 0.15) is 5.69 Å². The van der Waals surface area contributed by atoms with Crippen LogP contribution in [0.2, 0.25) is 0 Å². The summed E-state index contributed by atoms with van der Waals surface area (Å²) in [5.41, 5.74) is 0.886. The van der Waals surface area contributed by atoms with Crippen molar-refractivity contribution in [3.8, 4) is 0 Å². The summed E-state index contributed by atoms with van der Waals surface area (Å²) in [5, 5.41) is 2.94. The topological polar surface area (TPSA) is 132 Å². The van der Waals surface area contributed by atoms with E-state index in [1.165, 1.54) is 43.5 Å². The molecule has 1 heterocycles. The van der Waals surface area contributed by atoms with Crippen LogP contribution in [0, 0.1) is 5.92 Å². The van der Waals surface area contributed by atoms with Crippen molar-refractivity contribution in [2.75, 3.05) is 6.54 Å². The first-order valence-corrected chi connectivity index (χ1v) is 14.3. The Kier molecular flexibility index (Phi) is 10.2. The minimum Gasteiger partial charge on any atom is -0.458 e. The molecule has 10 heteroatoms. The Balaban J connectivity index is 1.49. The average Bonchev–Trinajstić information content (AvgIpc) is 2.89. The lowest BCUT2D eigenvalue weighted by Gasteiger charge is -2.20. The van der Waals surface area contributed by atoms with Crippen LogP contribution < -0.4 is 10.0 Å². The van der Waals surface area contributed by atoms with Gasteiger partial charge in [0.25, 0.3) is 15.9 Å². The number of rotatable bonds is 11. The van der Waals surface area contributed by atoms with Crippen LogP contribution in [0.4, 0.5) is 0 Å². The molecule has 1 aromatic carbocycles. The molecule has 3 rings (SSSR count). The van der Waals surface area contributed by atoms with Crippen molar-refractivity contribution in [1.29, 1.82) is 0 Å². The number of nitrogens with one attached hydrogen (secondary N) is 2. The van der Waals surface area contributed by atoms with Gasteiger partial charge in [0.2, 0.25) is 5.91 Å². The molecule has 0 radical (unpaired) electrons. The van der Waals surface area contributed by atoms with Gasteiger partial charge in [-0.2, -0.15) is 0 Å². The van der Waals surface area contributed by atoms with Gasteiger partial charge in [0.05, 0.1) is 16.6 Å². The summed E-state index contributed by atoms with van der Waals surface area (Å²) in [6.07, 6.45) is 8.55. The van der Waals surface area contributed by atoms with Crippen LogP contribution in [-0.2, 0) is 26.0 Å². The molecule has 9 nitrogen and oxygen atoms in total. The summed E-state index contributed by atoms with van der Waals surface area (Å²) in [6.45, 7) is 4.11. The highest BCUT2D eigenvalue weighted by Crippen LogP contribution is 2.26. The number of benzene rings is 1. The van der Waals surface area contributed by atoms with Crippen LogP contribution in [-0.4, -0.2) is 43.8 Å². The molecule has 0 unspecified atom stereocenters. The zero-order valence-electron chi connectivity index (χ0n) is 21.4. The van der Waals surface area contributed by atoms with E-state index in [9.17, 15) is 22.8 Å². The summed E-state index contributed by atoms with van der Waals surface area (Å²) in [7, 11) is -4.11. The maximum absolute atomic E-state index is 12.7. The van der Waals surface area contributed by atoms with Crippen molar-refractivity contribution in [1.82, 2.24) is 15.0 Å². The largest absolute Gasteiger partial charge is 0.458 e. The van der Waals surface area contributed by atoms with Crippen LogP contribution >= 0.6 is 0 Å². The zero-order valence-corrected chi connectivity index (χ0v) is 22.2. The number of carbonyl (C=O) groups excluding carboxylic acids is 3. The van der Waals surface area contributed by atoms with Crippen LogP contribution in [0.1, 0.15) is 85.2 Å². The monoisotopic (exact) mass is 529 g/mol. The Bertz CT molecular complexity index is 1170. The highest BCUT2D eigenvalue weighted by atomic mass is 32.2. The van der Waals surface area contributed by atoms with Gasteiger partial charge < -0.3 is 10.1 Å². The van der Waals surface area contributed by atoms with Crippen LogP contribution in [0.15, 0.2) is 47.5 Å². The van der Waals surface area contributed by atoms with E-state index in [2.05, 4.69) is 10.3 Å². The Morgan fingerprint density at radius 3 is 2.38 bits per heavy atom. The summed E-state index contributed by atoms with van der Waals surface area (Å²) in [5.74, 6) is -0.936.